The molecule has 88 valence electrons. The fourth-order valence-electron chi connectivity index (χ4n) is 1.20. The molecule has 1 rings (SSSR count). The van der Waals surface area contributed by atoms with E-state index < -0.39 is 0 Å². The summed E-state index contributed by atoms with van der Waals surface area (Å²) in [4.78, 5) is 11.4. The molecule has 1 aromatic rings. The summed E-state index contributed by atoms with van der Waals surface area (Å²) in [6.07, 6.45) is 0.927. The van der Waals surface area contributed by atoms with Crippen LogP contribution in [0.25, 0.3) is 0 Å². The van der Waals surface area contributed by atoms with Crippen molar-refractivity contribution in [3.8, 4) is 5.75 Å². The first-order chi connectivity index (χ1) is 7.61. The van der Waals surface area contributed by atoms with Crippen molar-refractivity contribution in [2.75, 3.05) is 6.61 Å². The summed E-state index contributed by atoms with van der Waals surface area (Å²) < 4.78 is 5.36. The van der Waals surface area contributed by atoms with Crippen LogP contribution in [0.2, 0.25) is 0 Å². The normalized spacial score (nSPS) is 11.9. The van der Waals surface area contributed by atoms with Gasteiger partial charge in [0, 0.05) is 6.04 Å². The summed E-state index contributed by atoms with van der Waals surface area (Å²) in [5.41, 5.74) is 1.18. The Labute approximate surface area is 96.8 Å². The van der Waals surface area contributed by atoms with Gasteiger partial charge in [0.1, 0.15) is 5.75 Å². The molecule has 0 heterocycles. The van der Waals surface area contributed by atoms with Crippen LogP contribution in [-0.2, 0) is 4.79 Å². The number of carbonyl (C=O) groups excluding carboxylic acids is 1. The Hall–Kier alpha value is -1.51. The van der Waals surface area contributed by atoms with Crippen molar-refractivity contribution in [1.29, 1.82) is 0 Å². The third-order valence-corrected chi connectivity index (χ3v) is 2.41. The lowest BCUT2D eigenvalue weighted by Crippen LogP contribution is -2.35. The molecule has 1 amide bonds. The Balaban J connectivity index is 2.34. The van der Waals surface area contributed by atoms with Gasteiger partial charge in [-0.15, -0.1) is 0 Å². The van der Waals surface area contributed by atoms with E-state index in [1.165, 1.54) is 5.56 Å². The Bertz CT molecular complexity index is 332. The minimum atomic E-state index is -0.0741. The fourth-order valence-corrected chi connectivity index (χ4v) is 1.20. The highest BCUT2D eigenvalue weighted by atomic mass is 16.5. The number of rotatable bonds is 5. The van der Waals surface area contributed by atoms with Crippen LogP contribution in [0, 0.1) is 6.92 Å². The number of hydrogen-bond donors (Lipinski definition) is 1. The predicted molar refractivity (Wildman–Crippen MR) is 64.6 cm³/mol. The van der Waals surface area contributed by atoms with E-state index >= 15 is 0 Å². The molecule has 3 heteroatoms. The van der Waals surface area contributed by atoms with Gasteiger partial charge in [0.2, 0.25) is 0 Å². The molecule has 1 aromatic carbocycles. The van der Waals surface area contributed by atoms with E-state index in [0.29, 0.717) is 0 Å². The van der Waals surface area contributed by atoms with Gasteiger partial charge in [0.05, 0.1) is 0 Å². The molecular weight excluding hydrogens is 202 g/mol. The molecule has 0 saturated heterocycles. The second-order valence-corrected chi connectivity index (χ2v) is 3.98. The summed E-state index contributed by atoms with van der Waals surface area (Å²) in [7, 11) is 0. The molecule has 0 bridgehead atoms. The average Bonchev–Trinajstić information content (AvgIpc) is 2.28. The van der Waals surface area contributed by atoms with Crippen LogP contribution in [0.15, 0.2) is 24.3 Å². The number of benzene rings is 1. The van der Waals surface area contributed by atoms with E-state index in [2.05, 4.69) is 5.32 Å². The topological polar surface area (TPSA) is 38.3 Å². The first-order valence-corrected chi connectivity index (χ1v) is 5.60. The molecule has 0 radical (unpaired) electrons. The van der Waals surface area contributed by atoms with E-state index in [1.807, 2.05) is 45.0 Å². The molecule has 0 saturated carbocycles. The van der Waals surface area contributed by atoms with Gasteiger partial charge >= 0.3 is 0 Å². The van der Waals surface area contributed by atoms with Crippen LogP contribution in [0.3, 0.4) is 0 Å². The fraction of sp³-hybridized carbons (Fsp3) is 0.462. The lowest BCUT2D eigenvalue weighted by atomic mass is 10.2. The molecule has 0 aromatic heterocycles. The third kappa shape index (κ3) is 4.34. The first-order valence-electron chi connectivity index (χ1n) is 5.60. The van der Waals surface area contributed by atoms with Crippen molar-refractivity contribution < 1.29 is 9.53 Å². The van der Waals surface area contributed by atoms with Crippen molar-refractivity contribution in [3.63, 3.8) is 0 Å². The van der Waals surface area contributed by atoms with Gasteiger partial charge in [-0.05, 0) is 32.4 Å². The van der Waals surface area contributed by atoms with Gasteiger partial charge in [-0.3, -0.25) is 4.79 Å². The SMILES string of the molecule is CC[C@H](C)NC(=O)COc1ccc(C)cc1. The van der Waals surface area contributed by atoms with Crippen LogP contribution in [0.1, 0.15) is 25.8 Å². The van der Waals surface area contributed by atoms with E-state index in [1.54, 1.807) is 0 Å². The number of hydrogen-bond acceptors (Lipinski definition) is 2. The summed E-state index contributed by atoms with van der Waals surface area (Å²) in [6.45, 7) is 6.10. The number of amides is 1. The Morgan fingerprint density at radius 1 is 1.38 bits per heavy atom. The van der Waals surface area contributed by atoms with Crippen LogP contribution >= 0.6 is 0 Å². The Morgan fingerprint density at radius 2 is 2.00 bits per heavy atom. The van der Waals surface area contributed by atoms with E-state index in [-0.39, 0.29) is 18.6 Å². The molecule has 16 heavy (non-hydrogen) atoms. The number of carbonyl (C=O) groups is 1. The summed E-state index contributed by atoms with van der Waals surface area (Å²) in [5.74, 6) is 0.653. The number of aryl methyl sites for hydroxylation is 1. The van der Waals surface area contributed by atoms with E-state index in [0.717, 1.165) is 12.2 Å². The molecule has 1 N–H and O–H groups in total. The molecule has 0 aliphatic rings. The molecule has 0 unspecified atom stereocenters. The van der Waals surface area contributed by atoms with Crippen molar-refractivity contribution in [3.05, 3.63) is 29.8 Å². The average molecular weight is 221 g/mol. The smallest absolute Gasteiger partial charge is 0.258 e. The van der Waals surface area contributed by atoms with Crippen LogP contribution in [0.4, 0.5) is 0 Å². The molecule has 1 atom stereocenters. The maximum atomic E-state index is 11.4. The maximum Gasteiger partial charge on any atom is 0.258 e. The zero-order valence-corrected chi connectivity index (χ0v) is 10.1. The third-order valence-electron chi connectivity index (χ3n) is 2.41. The summed E-state index contributed by atoms with van der Waals surface area (Å²) in [5, 5.41) is 2.85. The first kappa shape index (κ1) is 12.6. The maximum absolute atomic E-state index is 11.4. The summed E-state index contributed by atoms with van der Waals surface area (Å²) >= 11 is 0. The lowest BCUT2D eigenvalue weighted by Gasteiger charge is -2.12. The van der Waals surface area contributed by atoms with Crippen LogP contribution in [-0.4, -0.2) is 18.6 Å². The van der Waals surface area contributed by atoms with Gasteiger partial charge in [-0.25, -0.2) is 0 Å². The standard InChI is InChI=1S/C13H19NO2/c1-4-11(3)14-13(15)9-16-12-7-5-10(2)6-8-12/h5-8,11H,4,9H2,1-3H3,(H,14,15)/t11-/m0/s1. The van der Waals surface area contributed by atoms with Crippen LogP contribution in [0.5, 0.6) is 5.75 Å². The van der Waals surface area contributed by atoms with Gasteiger partial charge in [-0.1, -0.05) is 24.6 Å². The van der Waals surface area contributed by atoms with E-state index in [4.69, 9.17) is 4.74 Å². The molecule has 3 nitrogen and oxygen atoms in total. The highest BCUT2D eigenvalue weighted by Crippen LogP contribution is 2.10. The highest BCUT2D eigenvalue weighted by molar-refractivity contribution is 5.77. The molecule has 0 spiro atoms. The lowest BCUT2D eigenvalue weighted by molar-refractivity contribution is -0.123. The second-order valence-electron chi connectivity index (χ2n) is 3.98. The van der Waals surface area contributed by atoms with Gasteiger partial charge < -0.3 is 10.1 Å². The molecule has 0 fully saturated rings. The Morgan fingerprint density at radius 3 is 2.56 bits per heavy atom. The zero-order valence-electron chi connectivity index (χ0n) is 10.1. The molecule has 0 aliphatic carbocycles. The van der Waals surface area contributed by atoms with Crippen molar-refractivity contribution in [2.24, 2.45) is 0 Å². The van der Waals surface area contributed by atoms with Crippen LogP contribution < -0.4 is 10.1 Å². The molecule has 0 aliphatic heterocycles. The highest BCUT2D eigenvalue weighted by Gasteiger charge is 2.05. The van der Waals surface area contributed by atoms with Crippen molar-refractivity contribution in [2.45, 2.75) is 33.2 Å². The van der Waals surface area contributed by atoms with Gasteiger partial charge in [0.15, 0.2) is 6.61 Å². The van der Waals surface area contributed by atoms with Gasteiger partial charge in [0.25, 0.3) is 5.91 Å². The minimum Gasteiger partial charge on any atom is -0.484 e. The largest absolute Gasteiger partial charge is 0.484 e. The van der Waals surface area contributed by atoms with Crippen molar-refractivity contribution in [1.82, 2.24) is 5.32 Å². The monoisotopic (exact) mass is 221 g/mol. The zero-order chi connectivity index (χ0) is 12.0. The number of ether oxygens (including phenoxy) is 1. The minimum absolute atomic E-state index is 0.0741. The Kier molecular flexibility index (Phi) is 4.83. The predicted octanol–water partition coefficient (Wildman–Crippen LogP) is 2.29. The van der Waals surface area contributed by atoms with E-state index in [9.17, 15) is 4.79 Å². The second kappa shape index (κ2) is 6.16. The molecular formula is C13H19NO2. The van der Waals surface area contributed by atoms with Crippen molar-refractivity contribution >= 4 is 5.91 Å². The summed E-state index contributed by atoms with van der Waals surface area (Å²) in [6, 6.07) is 7.86. The van der Waals surface area contributed by atoms with Gasteiger partial charge in [-0.2, -0.15) is 0 Å². The quantitative estimate of drug-likeness (QED) is 0.828. The number of nitrogens with one attached hydrogen (secondary N) is 1.